The van der Waals surface area contributed by atoms with Crippen molar-refractivity contribution in [1.29, 1.82) is 0 Å². The molecule has 11 heavy (non-hydrogen) atoms. The first-order chi connectivity index (χ1) is 5.52. The summed E-state index contributed by atoms with van der Waals surface area (Å²) in [6.07, 6.45) is 0. The van der Waals surface area contributed by atoms with E-state index in [1.807, 2.05) is 0 Å². The molecule has 1 rings (SSSR count). The molecule has 0 aromatic heterocycles. The summed E-state index contributed by atoms with van der Waals surface area (Å²) in [5.74, 6) is 0.382. The van der Waals surface area contributed by atoms with Gasteiger partial charge in [0.15, 0.2) is 0 Å². The molecule has 1 aromatic rings. The first-order valence-corrected chi connectivity index (χ1v) is 4.65. The highest BCUT2D eigenvalue weighted by Crippen LogP contribution is 2.30. The van der Waals surface area contributed by atoms with Gasteiger partial charge < -0.3 is 0 Å². The van der Waals surface area contributed by atoms with Crippen LogP contribution in [-0.2, 0) is 0 Å². The molecule has 0 saturated heterocycles. The van der Waals surface area contributed by atoms with Gasteiger partial charge in [-0.15, -0.1) is 0 Å². The van der Waals surface area contributed by atoms with Crippen LogP contribution >= 0.6 is 27.5 Å². The second kappa shape index (κ2) is 3.59. The van der Waals surface area contributed by atoms with Crippen molar-refractivity contribution in [3.63, 3.8) is 0 Å². The van der Waals surface area contributed by atoms with E-state index in [2.05, 4.69) is 29.8 Å². The first kappa shape index (κ1) is 7.63. The minimum Gasteiger partial charge on any atom is -0.0840 e. The molecule has 2 heteroatoms. The lowest BCUT2D eigenvalue weighted by Crippen LogP contribution is -1.89. The van der Waals surface area contributed by atoms with Gasteiger partial charge in [0, 0.05) is 9.50 Å². The zero-order chi connectivity index (χ0) is 9.30. The summed E-state index contributed by atoms with van der Waals surface area (Å²) in [7, 11) is 0. The molecule has 0 saturated carbocycles. The minimum atomic E-state index is 0.382. The van der Waals surface area contributed by atoms with Gasteiger partial charge in [-0.25, -0.2) is 0 Å². The molecule has 0 N–H and O–H groups in total. The minimum absolute atomic E-state index is 0.382. The van der Waals surface area contributed by atoms with Gasteiger partial charge in [0.2, 0.25) is 0 Å². The van der Waals surface area contributed by atoms with E-state index in [0.717, 1.165) is 10.0 Å². The Bertz CT molecular complexity index is 274. The van der Waals surface area contributed by atoms with Gasteiger partial charge in [-0.05, 0) is 23.6 Å². The number of hydrogen-bond acceptors (Lipinski definition) is 0. The Morgan fingerprint density at radius 1 is 1.55 bits per heavy atom. The summed E-state index contributed by atoms with van der Waals surface area (Å²) in [5.41, 5.74) is 1.08. The zero-order valence-electron chi connectivity index (χ0n) is 7.49. The SMILES string of the molecule is [2H]c1cc(Cl)c(C(C)C)c(Br)c1. The Morgan fingerprint density at radius 2 is 2.18 bits per heavy atom. The van der Waals surface area contributed by atoms with Crippen LogP contribution in [0, 0.1) is 0 Å². The van der Waals surface area contributed by atoms with Gasteiger partial charge >= 0.3 is 0 Å². The van der Waals surface area contributed by atoms with Gasteiger partial charge in [0.25, 0.3) is 0 Å². The van der Waals surface area contributed by atoms with Crippen LogP contribution in [0.25, 0.3) is 0 Å². The van der Waals surface area contributed by atoms with Crippen molar-refractivity contribution in [3.8, 4) is 0 Å². The average Bonchev–Trinajstić information content (AvgIpc) is 1.82. The van der Waals surface area contributed by atoms with E-state index in [4.69, 9.17) is 13.0 Å². The molecule has 0 aliphatic rings. The summed E-state index contributed by atoms with van der Waals surface area (Å²) in [5, 5.41) is 0.671. The molecule has 0 fully saturated rings. The average molecular weight is 235 g/mol. The van der Waals surface area contributed by atoms with E-state index in [-0.39, 0.29) is 0 Å². The Kier molecular flexibility index (Phi) is 2.49. The third kappa shape index (κ3) is 1.97. The number of hydrogen-bond donors (Lipinski definition) is 0. The lowest BCUT2D eigenvalue weighted by molar-refractivity contribution is 0.861. The molecular weight excluding hydrogens is 223 g/mol. The third-order valence-electron chi connectivity index (χ3n) is 1.51. The Hall–Kier alpha value is -0.0100. The van der Waals surface area contributed by atoms with Crippen molar-refractivity contribution in [2.24, 2.45) is 0 Å². The van der Waals surface area contributed by atoms with Crippen molar-refractivity contribution in [3.05, 3.63) is 33.2 Å². The van der Waals surface area contributed by atoms with Crippen LogP contribution in [0.2, 0.25) is 5.02 Å². The highest BCUT2D eigenvalue weighted by Gasteiger charge is 2.07. The Balaban J connectivity index is 3.28. The van der Waals surface area contributed by atoms with E-state index in [9.17, 15) is 0 Å². The maximum absolute atomic E-state index is 7.40. The van der Waals surface area contributed by atoms with E-state index in [1.165, 1.54) is 0 Å². The molecule has 0 amide bonds. The van der Waals surface area contributed by atoms with E-state index < -0.39 is 0 Å². The van der Waals surface area contributed by atoms with E-state index in [1.54, 1.807) is 12.1 Å². The van der Waals surface area contributed by atoms with Crippen LogP contribution in [0.15, 0.2) is 22.6 Å². The smallest absolute Gasteiger partial charge is 0.0624 e. The Labute approximate surface area is 82.1 Å². The second-order valence-electron chi connectivity index (χ2n) is 2.72. The topological polar surface area (TPSA) is 0 Å². The highest BCUT2D eigenvalue weighted by atomic mass is 79.9. The van der Waals surface area contributed by atoms with Gasteiger partial charge in [-0.1, -0.05) is 47.4 Å². The van der Waals surface area contributed by atoms with Crippen LogP contribution in [-0.4, -0.2) is 0 Å². The number of rotatable bonds is 1. The molecule has 0 heterocycles. The zero-order valence-corrected chi connectivity index (χ0v) is 8.83. The van der Waals surface area contributed by atoms with Crippen LogP contribution in [0.1, 0.15) is 26.7 Å². The quantitative estimate of drug-likeness (QED) is 0.682. The molecule has 0 bridgehead atoms. The van der Waals surface area contributed by atoms with Crippen molar-refractivity contribution in [2.75, 3.05) is 0 Å². The second-order valence-corrected chi connectivity index (χ2v) is 3.98. The summed E-state index contributed by atoms with van der Waals surface area (Å²) in [6.45, 7) is 4.16. The third-order valence-corrected chi connectivity index (χ3v) is 2.48. The van der Waals surface area contributed by atoms with Gasteiger partial charge in [-0.3, -0.25) is 0 Å². The predicted octanol–water partition coefficient (Wildman–Crippen LogP) is 4.23. The van der Waals surface area contributed by atoms with Crippen LogP contribution < -0.4 is 0 Å². The standard InChI is InChI=1S/C9H10BrCl/c1-6(2)9-7(10)4-3-5-8(9)11/h3-6H,1-2H3/i3D. The lowest BCUT2D eigenvalue weighted by Gasteiger charge is -2.09. The molecule has 0 aliphatic carbocycles. The highest BCUT2D eigenvalue weighted by molar-refractivity contribution is 9.10. The normalized spacial score (nSPS) is 11.9. The van der Waals surface area contributed by atoms with Gasteiger partial charge in [-0.2, -0.15) is 0 Å². The molecule has 0 atom stereocenters. The van der Waals surface area contributed by atoms with E-state index >= 15 is 0 Å². The van der Waals surface area contributed by atoms with Crippen molar-refractivity contribution >= 4 is 27.5 Å². The molecule has 60 valence electrons. The molecule has 0 nitrogen and oxygen atoms in total. The maximum Gasteiger partial charge on any atom is 0.0624 e. The largest absolute Gasteiger partial charge is 0.0840 e. The number of benzene rings is 1. The monoisotopic (exact) mass is 233 g/mol. The summed E-state index contributed by atoms with van der Waals surface area (Å²) in [4.78, 5) is 0. The molecular formula is C9H10BrCl. The van der Waals surface area contributed by atoms with Crippen LogP contribution in [0.5, 0.6) is 0 Å². The maximum atomic E-state index is 7.40. The van der Waals surface area contributed by atoms with Crippen LogP contribution in [0.3, 0.4) is 0 Å². The van der Waals surface area contributed by atoms with Crippen molar-refractivity contribution < 1.29 is 1.37 Å². The fraction of sp³-hybridized carbons (Fsp3) is 0.333. The van der Waals surface area contributed by atoms with Crippen LogP contribution in [0.4, 0.5) is 0 Å². The Morgan fingerprint density at radius 3 is 2.64 bits per heavy atom. The summed E-state index contributed by atoms with van der Waals surface area (Å²) < 4.78 is 8.33. The molecule has 0 radical (unpaired) electrons. The first-order valence-electron chi connectivity index (χ1n) is 3.98. The molecule has 0 unspecified atom stereocenters. The van der Waals surface area contributed by atoms with Crippen molar-refractivity contribution in [2.45, 2.75) is 19.8 Å². The fourth-order valence-electron chi connectivity index (χ4n) is 1.01. The summed E-state index contributed by atoms with van der Waals surface area (Å²) >= 11 is 9.37. The lowest BCUT2D eigenvalue weighted by atomic mass is 10.0. The summed E-state index contributed by atoms with van der Waals surface area (Å²) in [6, 6.07) is 3.87. The fourth-order valence-corrected chi connectivity index (χ4v) is 2.31. The van der Waals surface area contributed by atoms with Crippen molar-refractivity contribution in [1.82, 2.24) is 0 Å². The molecule has 1 aromatic carbocycles. The van der Waals surface area contributed by atoms with Gasteiger partial charge in [0.1, 0.15) is 0 Å². The molecule has 0 spiro atoms. The van der Waals surface area contributed by atoms with E-state index in [0.29, 0.717) is 17.0 Å². The predicted molar refractivity (Wildman–Crippen MR) is 53.2 cm³/mol. The molecule has 0 aliphatic heterocycles. The number of halogens is 2. The van der Waals surface area contributed by atoms with Gasteiger partial charge in [0.05, 0.1) is 1.37 Å².